The van der Waals surface area contributed by atoms with Gasteiger partial charge in [-0.05, 0) is 50.1 Å². The van der Waals surface area contributed by atoms with E-state index >= 15 is 0 Å². The predicted molar refractivity (Wildman–Crippen MR) is 72.7 cm³/mol. The molecular formula is C15H31N. The van der Waals surface area contributed by atoms with Gasteiger partial charge in [-0.1, -0.05) is 41.0 Å². The summed E-state index contributed by atoms with van der Waals surface area (Å²) in [5.74, 6) is 0.962. The maximum Gasteiger partial charge on any atom is 0.00952 e. The molecule has 1 rings (SSSR count). The monoisotopic (exact) mass is 225 g/mol. The van der Waals surface area contributed by atoms with Crippen molar-refractivity contribution in [1.82, 2.24) is 4.90 Å². The summed E-state index contributed by atoms with van der Waals surface area (Å²) in [6.07, 6.45) is 7.07. The lowest BCUT2D eigenvalue weighted by Gasteiger charge is -2.41. The smallest absolute Gasteiger partial charge is 0.00952 e. The molecule has 1 saturated carbocycles. The van der Waals surface area contributed by atoms with Crippen molar-refractivity contribution in [3.8, 4) is 0 Å². The summed E-state index contributed by atoms with van der Waals surface area (Å²) in [6.45, 7) is 14.3. The molecule has 0 radical (unpaired) electrons. The second-order valence-electron chi connectivity index (χ2n) is 6.07. The number of hydrogen-bond acceptors (Lipinski definition) is 1. The van der Waals surface area contributed by atoms with Crippen LogP contribution in [0.3, 0.4) is 0 Å². The molecule has 1 nitrogen and oxygen atoms in total. The zero-order valence-electron chi connectivity index (χ0n) is 12.1. The Morgan fingerprint density at radius 3 is 1.81 bits per heavy atom. The summed E-state index contributed by atoms with van der Waals surface area (Å²) in [4.78, 5) is 2.65. The largest absolute Gasteiger partial charge is 0.301 e. The van der Waals surface area contributed by atoms with Crippen molar-refractivity contribution < 1.29 is 0 Å². The van der Waals surface area contributed by atoms with Crippen LogP contribution in [-0.4, -0.2) is 24.0 Å². The Hall–Kier alpha value is -0.0400. The summed E-state index contributed by atoms with van der Waals surface area (Å²) < 4.78 is 0. The lowest BCUT2D eigenvalue weighted by atomic mass is 9.68. The van der Waals surface area contributed by atoms with E-state index in [0.29, 0.717) is 5.41 Å². The maximum atomic E-state index is 2.65. The van der Waals surface area contributed by atoms with E-state index in [0.717, 1.165) is 12.0 Å². The van der Waals surface area contributed by atoms with Crippen molar-refractivity contribution in [2.75, 3.05) is 13.1 Å². The molecule has 0 N–H and O–H groups in total. The molecule has 96 valence electrons. The summed E-state index contributed by atoms with van der Waals surface area (Å²) in [5.41, 5.74) is 0.564. The van der Waals surface area contributed by atoms with E-state index in [4.69, 9.17) is 0 Å². The van der Waals surface area contributed by atoms with Crippen LogP contribution in [0.5, 0.6) is 0 Å². The van der Waals surface area contributed by atoms with Crippen LogP contribution in [0, 0.1) is 11.3 Å². The molecule has 0 aromatic rings. The second-order valence-corrected chi connectivity index (χ2v) is 6.07. The normalized spacial score (nSPS) is 27.4. The Morgan fingerprint density at radius 1 is 0.938 bits per heavy atom. The molecule has 0 aromatic carbocycles. The van der Waals surface area contributed by atoms with Gasteiger partial charge in [0, 0.05) is 6.04 Å². The van der Waals surface area contributed by atoms with Crippen LogP contribution < -0.4 is 0 Å². The third kappa shape index (κ3) is 3.23. The van der Waals surface area contributed by atoms with Gasteiger partial charge in [0.1, 0.15) is 0 Å². The second kappa shape index (κ2) is 6.05. The van der Waals surface area contributed by atoms with Gasteiger partial charge in [-0.25, -0.2) is 0 Å². The topological polar surface area (TPSA) is 3.24 Å². The Labute approximate surface area is 103 Å². The van der Waals surface area contributed by atoms with Crippen molar-refractivity contribution in [2.24, 2.45) is 11.3 Å². The first kappa shape index (κ1) is 14.0. The zero-order chi connectivity index (χ0) is 12.2. The first-order valence-corrected chi connectivity index (χ1v) is 7.29. The first-order chi connectivity index (χ1) is 7.55. The Bertz CT molecular complexity index is 186. The minimum absolute atomic E-state index is 0.564. The van der Waals surface area contributed by atoms with Gasteiger partial charge < -0.3 is 4.90 Å². The molecule has 0 saturated heterocycles. The third-order valence-electron chi connectivity index (χ3n) is 5.04. The first-order valence-electron chi connectivity index (χ1n) is 7.29. The summed E-state index contributed by atoms with van der Waals surface area (Å²) in [5, 5.41) is 0. The van der Waals surface area contributed by atoms with E-state index in [2.05, 4.69) is 39.5 Å². The molecular weight excluding hydrogens is 194 g/mol. The van der Waals surface area contributed by atoms with Crippen LogP contribution in [0.15, 0.2) is 0 Å². The van der Waals surface area contributed by atoms with Gasteiger partial charge in [-0.2, -0.15) is 0 Å². The van der Waals surface area contributed by atoms with Gasteiger partial charge in [-0.3, -0.25) is 0 Å². The molecule has 1 heteroatoms. The molecule has 0 bridgehead atoms. The lowest BCUT2D eigenvalue weighted by molar-refractivity contribution is 0.0907. The van der Waals surface area contributed by atoms with Crippen molar-refractivity contribution in [1.29, 1.82) is 0 Å². The molecule has 1 aliphatic carbocycles. The highest BCUT2D eigenvalue weighted by atomic mass is 15.1. The molecule has 0 unspecified atom stereocenters. The van der Waals surface area contributed by atoms with Crippen LogP contribution in [0.4, 0.5) is 0 Å². The van der Waals surface area contributed by atoms with Gasteiger partial charge in [0.05, 0.1) is 0 Å². The van der Waals surface area contributed by atoms with Crippen molar-refractivity contribution in [3.63, 3.8) is 0 Å². The highest BCUT2D eigenvalue weighted by Crippen LogP contribution is 2.41. The molecule has 0 atom stereocenters. The summed E-state index contributed by atoms with van der Waals surface area (Å²) in [6, 6.07) is 0.874. The van der Waals surface area contributed by atoms with Crippen LogP contribution in [0.25, 0.3) is 0 Å². The average Bonchev–Trinajstić information content (AvgIpc) is 2.31. The van der Waals surface area contributed by atoms with Gasteiger partial charge in [0.25, 0.3) is 0 Å². The van der Waals surface area contributed by atoms with Gasteiger partial charge in [-0.15, -0.1) is 0 Å². The summed E-state index contributed by atoms with van der Waals surface area (Å²) in [7, 11) is 0. The van der Waals surface area contributed by atoms with Gasteiger partial charge in [0.15, 0.2) is 0 Å². The predicted octanol–water partition coefficient (Wildman–Crippen LogP) is 4.32. The molecule has 1 aliphatic rings. The van der Waals surface area contributed by atoms with E-state index in [1.165, 1.54) is 45.2 Å². The molecule has 16 heavy (non-hydrogen) atoms. The van der Waals surface area contributed by atoms with Crippen molar-refractivity contribution in [3.05, 3.63) is 0 Å². The maximum absolute atomic E-state index is 2.65. The van der Waals surface area contributed by atoms with Crippen LogP contribution in [0.1, 0.15) is 66.7 Å². The Morgan fingerprint density at radius 2 is 1.44 bits per heavy atom. The van der Waals surface area contributed by atoms with Crippen LogP contribution in [0.2, 0.25) is 0 Å². The van der Waals surface area contributed by atoms with Crippen molar-refractivity contribution >= 4 is 0 Å². The van der Waals surface area contributed by atoms with Gasteiger partial charge in [0.2, 0.25) is 0 Å². The standard InChI is InChI=1S/C15H31N/c1-6-15(4,5)13-9-11-14(12-10-13)16(7-2)8-3/h13-14H,6-12H2,1-5H3. The third-order valence-corrected chi connectivity index (χ3v) is 5.04. The highest BCUT2D eigenvalue weighted by Gasteiger charge is 2.32. The molecule has 0 spiro atoms. The van der Waals surface area contributed by atoms with Crippen LogP contribution >= 0.6 is 0 Å². The van der Waals surface area contributed by atoms with E-state index in [1.54, 1.807) is 0 Å². The Kier molecular flexibility index (Phi) is 5.30. The SMILES string of the molecule is CCN(CC)C1CCC(C(C)(C)CC)CC1. The molecule has 0 aliphatic heterocycles. The van der Waals surface area contributed by atoms with E-state index in [1.807, 2.05) is 0 Å². The fraction of sp³-hybridized carbons (Fsp3) is 1.00. The lowest BCUT2D eigenvalue weighted by Crippen LogP contribution is -2.40. The fourth-order valence-corrected chi connectivity index (χ4v) is 3.25. The van der Waals surface area contributed by atoms with Gasteiger partial charge >= 0.3 is 0 Å². The minimum atomic E-state index is 0.564. The fourth-order valence-electron chi connectivity index (χ4n) is 3.25. The average molecular weight is 225 g/mol. The zero-order valence-corrected chi connectivity index (χ0v) is 12.1. The number of nitrogens with zero attached hydrogens (tertiary/aromatic N) is 1. The number of hydrogen-bond donors (Lipinski definition) is 0. The van der Waals surface area contributed by atoms with E-state index in [-0.39, 0.29) is 0 Å². The molecule has 0 amide bonds. The molecule has 1 fully saturated rings. The Balaban J connectivity index is 2.45. The molecule has 0 heterocycles. The van der Waals surface area contributed by atoms with Crippen LogP contribution in [-0.2, 0) is 0 Å². The van der Waals surface area contributed by atoms with E-state index < -0.39 is 0 Å². The highest BCUT2D eigenvalue weighted by molar-refractivity contribution is 4.85. The summed E-state index contributed by atoms with van der Waals surface area (Å²) >= 11 is 0. The quantitative estimate of drug-likeness (QED) is 0.673. The molecule has 0 aromatic heterocycles. The van der Waals surface area contributed by atoms with Crippen molar-refractivity contribution in [2.45, 2.75) is 72.8 Å². The number of rotatable bonds is 5. The van der Waals surface area contributed by atoms with E-state index in [9.17, 15) is 0 Å². The minimum Gasteiger partial charge on any atom is -0.301 e.